The Hall–Kier alpha value is -3.19. The molecule has 144 valence electrons. The van der Waals surface area contributed by atoms with Gasteiger partial charge in [-0.15, -0.1) is 0 Å². The van der Waals surface area contributed by atoms with Crippen LogP contribution in [0.3, 0.4) is 0 Å². The second kappa shape index (κ2) is 7.44. The third kappa shape index (κ3) is 3.14. The first-order valence-electron chi connectivity index (χ1n) is 8.58. The molecule has 1 amide bonds. The van der Waals surface area contributed by atoms with Gasteiger partial charge in [0, 0.05) is 18.3 Å². The fourth-order valence-corrected chi connectivity index (χ4v) is 3.48. The van der Waals surface area contributed by atoms with Crippen molar-refractivity contribution < 1.29 is 18.7 Å². The fourth-order valence-electron chi connectivity index (χ4n) is 3.23. The van der Waals surface area contributed by atoms with Crippen LogP contribution < -0.4 is 14.8 Å². The van der Waals surface area contributed by atoms with Crippen LogP contribution in [0, 0.1) is 0 Å². The molecule has 1 aliphatic heterocycles. The first kappa shape index (κ1) is 18.2. The molecule has 3 aromatic rings. The molecule has 1 N–H and O–H groups in total. The molecule has 0 bridgehead atoms. The first-order valence-corrected chi connectivity index (χ1v) is 8.96. The molecule has 7 nitrogen and oxygen atoms in total. The summed E-state index contributed by atoms with van der Waals surface area (Å²) in [5.41, 5.74) is 1.70. The van der Waals surface area contributed by atoms with Gasteiger partial charge in [0.25, 0.3) is 5.91 Å². The van der Waals surface area contributed by atoms with Gasteiger partial charge in [-0.2, -0.15) is 0 Å². The summed E-state index contributed by atoms with van der Waals surface area (Å²) in [6.07, 6.45) is 2.70. The van der Waals surface area contributed by atoms with E-state index in [0.29, 0.717) is 39.2 Å². The van der Waals surface area contributed by atoms with E-state index in [4.69, 9.17) is 25.5 Å². The number of pyridine rings is 1. The Labute approximate surface area is 166 Å². The minimum atomic E-state index is -0.534. The average molecular weight is 400 g/mol. The lowest BCUT2D eigenvalue weighted by Gasteiger charge is -2.27. The Morgan fingerprint density at radius 3 is 2.82 bits per heavy atom. The molecule has 0 saturated carbocycles. The maximum absolute atomic E-state index is 13.0. The Bertz CT molecular complexity index is 1010. The van der Waals surface area contributed by atoms with Crippen molar-refractivity contribution in [1.82, 2.24) is 9.88 Å². The molecule has 1 aliphatic rings. The second-order valence-corrected chi connectivity index (χ2v) is 6.59. The maximum Gasteiger partial charge on any atom is 0.258 e. The lowest BCUT2D eigenvalue weighted by atomic mass is 10.2. The molecule has 4 rings (SSSR count). The summed E-state index contributed by atoms with van der Waals surface area (Å²) >= 11 is 6.46. The van der Waals surface area contributed by atoms with Gasteiger partial charge >= 0.3 is 0 Å². The molecule has 0 unspecified atom stereocenters. The summed E-state index contributed by atoms with van der Waals surface area (Å²) in [4.78, 5) is 19.1. The number of fused-ring (bicyclic) bond motifs is 1. The highest BCUT2D eigenvalue weighted by Crippen LogP contribution is 2.41. The summed E-state index contributed by atoms with van der Waals surface area (Å²) in [6, 6.07) is 10.5. The molecule has 8 heteroatoms. The first-order chi connectivity index (χ1) is 13.6. The molecule has 28 heavy (non-hydrogen) atoms. The van der Waals surface area contributed by atoms with Gasteiger partial charge in [0.05, 0.1) is 49.0 Å². The molecule has 3 heterocycles. The quantitative estimate of drug-likeness (QED) is 0.672. The summed E-state index contributed by atoms with van der Waals surface area (Å²) in [5.74, 6) is 1.60. The van der Waals surface area contributed by atoms with Crippen LogP contribution in [0.2, 0.25) is 5.02 Å². The van der Waals surface area contributed by atoms with Crippen molar-refractivity contribution in [3.05, 3.63) is 70.9 Å². The third-order valence-electron chi connectivity index (χ3n) is 4.57. The zero-order chi connectivity index (χ0) is 19.7. The second-order valence-electron chi connectivity index (χ2n) is 6.18. The van der Waals surface area contributed by atoms with E-state index in [9.17, 15) is 4.79 Å². The van der Waals surface area contributed by atoms with E-state index in [1.165, 1.54) is 0 Å². The summed E-state index contributed by atoms with van der Waals surface area (Å²) in [5, 5.41) is 3.73. The zero-order valence-electron chi connectivity index (χ0n) is 15.3. The van der Waals surface area contributed by atoms with Gasteiger partial charge < -0.3 is 24.1 Å². The number of anilines is 1. The van der Waals surface area contributed by atoms with E-state index in [-0.39, 0.29) is 12.5 Å². The molecule has 1 atom stereocenters. The van der Waals surface area contributed by atoms with Crippen LogP contribution >= 0.6 is 11.6 Å². The third-order valence-corrected chi connectivity index (χ3v) is 4.87. The van der Waals surface area contributed by atoms with Gasteiger partial charge in [0.15, 0.2) is 0 Å². The van der Waals surface area contributed by atoms with Crippen LogP contribution in [0.1, 0.15) is 28.0 Å². The number of furan rings is 1. The van der Waals surface area contributed by atoms with Gasteiger partial charge in [0.2, 0.25) is 0 Å². The van der Waals surface area contributed by atoms with Gasteiger partial charge in [-0.3, -0.25) is 9.78 Å². The fraction of sp³-hybridized carbons (Fsp3) is 0.200. The van der Waals surface area contributed by atoms with Crippen molar-refractivity contribution in [1.29, 1.82) is 0 Å². The predicted molar refractivity (Wildman–Crippen MR) is 104 cm³/mol. The minimum absolute atomic E-state index is 0.138. The number of rotatable bonds is 6. The normalized spacial score (nSPS) is 15.5. The highest BCUT2D eigenvalue weighted by molar-refractivity contribution is 6.33. The van der Waals surface area contributed by atoms with E-state index in [1.807, 2.05) is 6.07 Å². The molecule has 2 aromatic heterocycles. The monoisotopic (exact) mass is 399 g/mol. The summed E-state index contributed by atoms with van der Waals surface area (Å²) < 4.78 is 16.1. The van der Waals surface area contributed by atoms with E-state index < -0.39 is 6.17 Å². The predicted octanol–water partition coefficient (Wildman–Crippen LogP) is 4.11. The Morgan fingerprint density at radius 2 is 2.11 bits per heavy atom. The van der Waals surface area contributed by atoms with Gasteiger partial charge in [-0.05, 0) is 24.3 Å². The highest BCUT2D eigenvalue weighted by atomic mass is 35.5. The summed E-state index contributed by atoms with van der Waals surface area (Å²) in [7, 11) is 3.10. The van der Waals surface area contributed by atoms with Crippen LogP contribution in [0.15, 0.2) is 53.3 Å². The van der Waals surface area contributed by atoms with E-state index in [1.54, 1.807) is 61.9 Å². The number of hydrogen-bond acceptors (Lipinski definition) is 6. The molecule has 0 fully saturated rings. The molecule has 1 aromatic carbocycles. The van der Waals surface area contributed by atoms with Crippen molar-refractivity contribution in [3.8, 4) is 11.5 Å². The standard InChI is InChI=1S/C20H18ClN3O4/c1-26-13-9-15(21)18(16(10-13)27-2)23-19-17-14(6-3-7-22-17)20(25)24(19)11-12-5-4-8-28-12/h3-10,19,23H,11H2,1-2H3/t19-/m0/s1. The molecular weight excluding hydrogens is 382 g/mol. The Balaban J connectivity index is 1.74. The number of benzene rings is 1. The largest absolute Gasteiger partial charge is 0.497 e. The zero-order valence-corrected chi connectivity index (χ0v) is 16.1. The summed E-state index contributed by atoms with van der Waals surface area (Å²) in [6.45, 7) is 0.288. The number of carbonyl (C=O) groups excluding carboxylic acids is 1. The number of halogens is 1. The van der Waals surface area contributed by atoms with E-state index >= 15 is 0 Å². The lowest BCUT2D eigenvalue weighted by Crippen LogP contribution is -2.32. The van der Waals surface area contributed by atoms with Crippen LogP contribution in [-0.4, -0.2) is 30.0 Å². The SMILES string of the molecule is COc1cc(Cl)c(N[C@@H]2c3ncccc3C(=O)N2Cc2ccco2)c(OC)c1. The number of amides is 1. The number of nitrogens with zero attached hydrogens (tertiary/aromatic N) is 2. The van der Waals surface area contributed by atoms with Crippen molar-refractivity contribution in [2.75, 3.05) is 19.5 Å². The van der Waals surface area contributed by atoms with Gasteiger partial charge in [-0.1, -0.05) is 11.6 Å². The van der Waals surface area contributed by atoms with Gasteiger partial charge in [-0.25, -0.2) is 0 Å². The molecule has 0 aliphatic carbocycles. The lowest BCUT2D eigenvalue weighted by molar-refractivity contribution is 0.0714. The Morgan fingerprint density at radius 1 is 1.25 bits per heavy atom. The Kier molecular flexibility index (Phi) is 4.83. The number of hydrogen-bond donors (Lipinski definition) is 1. The minimum Gasteiger partial charge on any atom is -0.497 e. The van der Waals surface area contributed by atoms with Crippen LogP contribution in [0.5, 0.6) is 11.5 Å². The molecule has 0 saturated heterocycles. The van der Waals surface area contributed by atoms with Crippen LogP contribution in [0.25, 0.3) is 0 Å². The van der Waals surface area contributed by atoms with Crippen molar-refractivity contribution in [2.24, 2.45) is 0 Å². The number of methoxy groups -OCH3 is 2. The topological polar surface area (TPSA) is 76.8 Å². The molecule has 0 radical (unpaired) electrons. The van der Waals surface area contributed by atoms with Crippen molar-refractivity contribution in [3.63, 3.8) is 0 Å². The average Bonchev–Trinajstić information content (AvgIpc) is 3.32. The molecule has 0 spiro atoms. The molecular formula is C20H18ClN3O4. The van der Waals surface area contributed by atoms with E-state index in [2.05, 4.69) is 10.3 Å². The van der Waals surface area contributed by atoms with Crippen molar-refractivity contribution in [2.45, 2.75) is 12.7 Å². The number of nitrogens with one attached hydrogen (secondary N) is 1. The van der Waals surface area contributed by atoms with Crippen LogP contribution in [-0.2, 0) is 6.54 Å². The smallest absolute Gasteiger partial charge is 0.258 e. The maximum atomic E-state index is 13.0. The van der Waals surface area contributed by atoms with Crippen molar-refractivity contribution >= 4 is 23.2 Å². The van der Waals surface area contributed by atoms with Gasteiger partial charge in [0.1, 0.15) is 23.4 Å². The highest BCUT2D eigenvalue weighted by Gasteiger charge is 2.39. The number of ether oxygens (including phenoxy) is 2. The van der Waals surface area contributed by atoms with E-state index in [0.717, 1.165) is 0 Å². The van der Waals surface area contributed by atoms with Crippen LogP contribution in [0.4, 0.5) is 5.69 Å². The number of carbonyl (C=O) groups is 1. The number of aromatic nitrogens is 1.